The quantitative estimate of drug-likeness (QED) is 0.663. The molecule has 4 heteroatoms. The first-order chi connectivity index (χ1) is 5.81. The van der Waals surface area contributed by atoms with Crippen molar-refractivity contribution in [1.82, 2.24) is 4.98 Å². The number of halogens is 2. The summed E-state index contributed by atoms with van der Waals surface area (Å²) in [5.74, 6) is 0.769. The van der Waals surface area contributed by atoms with Crippen LogP contribution in [0.1, 0.15) is 5.89 Å². The number of oxazole rings is 1. The highest BCUT2D eigenvalue weighted by molar-refractivity contribution is 6.34. The third kappa shape index (κ3) is 1.17. The van der Waals surface area contributed by atoms with Gasteiger partial charge in [-0.25, -0.2) is 4.98 Å². The van der Waals surface area contributed by atoms with E-state index in [1.54, 1.807) is 6.07 Å². The summed E-state index contributed by atoms with van der Waals surface area (Å²) >= 11 is 11.4. The van der Waals surface area contributed by atoms with Gasteiger partial charge in [0.15, 0.2) is 5.58 Å². The number of benzene rings is 1. The predicted octanol–water partition coefficient (Wildman–Crippen LogP) is 3.22. The van der Waals surface area contributed by atoms with E-state index >= 15 is 0 Å². The highest BCUT2D eigenvalue weighted by Crippen LogP contribution is 2.23. The molecule has 2 nitrogen and oxygen atoms in total. The molecule has 0 atom stereocenters. The summed E-state index contributed by atoms with van der Waals surface area (Å²) < 4.78 is 5.27. The Hall–Kier alpha value is -0.730. The molecule has 2 rings (SSSR count). The van der Waals surface area contributed by atoms with E-state index in [1.165, 1.54) is 0 Å². The van der Waals surface area contributed by atoms with Crippen LogP contribution in [-0.4, -0.2) is 4.98 Å². The summed E-state index contributed by atoms with van der Waals surface area (Å²) in [6, 6.07) is 5.39. The van der Waals surface area contributed by atoms with E-state index in [-0.39, 0.29) is 5.88 Å². The maximum Gasteiger partial charge on any atom is 0.210 e. The minimum atomic E-state index is 0.269. The zero-order valence-corrected chi connectivity index (χ0v) is 7.56. The van der Waals surface area contributed by atoms with Crippen molar-refractivity contribution in [3.63, 3.8) is 0 Å². The van der Waals surface area contributed by atoms with Gasteiger partial charge < -0.3 is 4.42 Å². The molecule has 0 aliphatic rings. The highest BCUT2D eigenvalue weighted by Gasteiger charge is 2.06. The van der Waals surface area contributed by atoms with Gasteiger partial charge in [0.25, 0.3) is 0 Å². The summed E-state index contributed by atoms with van der Waals surface area (Å²) in [6.45, 7) is 0. The van der Waals surface area contributed by atoms with Gasteiger partial charge in [0, 0.05) is 0 Å². The molecular formula is C8H5Cl2NO. The summed E-state index contributed by atoms with van der Waals surface area (Å²) in [5, 5.41) is 0.590. The first kappa shape index (κ1) is 7.90. The second kappa shape index (κ2) is 2.96. The van der Waals surface area contributed by atoms with Gasteiger partial charge in [-0.15, -0.1) is 11.6 Å². The Labute approximate surface area is 79.1 Å². The van der Waals surface area contributed by atoms with Crippen molar-refractivity contribution < 1.29 is 4.42 Å². The number of para-hydroxylation sites is 1. The van der Waals surface area contributed by atoms with Crippen LogP contribution in [0, 0.1) is 0 Å². The zero-order valence-electron chi connectivity index (χ0n) is 6.05. The average Bonchev–Trinajstić information content (AvgIpc) is 2.49. The maximum atomic E-state index is 5.86. The molecule has 0 saturated carbocycles. The van der Waals surface area contributed by atoms with Crippen molar-refractivity contribution in [3.8, 4) is 0 Å². The molecule has 62 valence electrons. The average molecular weight is 202 g/mol. The lowest BCUT2D eigenvalue weighted by Gasteiger charge is -1.86. The third-order valence-electron chi connectivity index (χ3n) is 1.53. The minimum Gasteiger partial charge on any atom is -0.439 e. The SMILES string of the molecule is ClCc1nc2c(Cl)cccc2o1. The lowest BCUT2D eigenvalue weighted by molar-refractivity contribution is 0.555. The summed E-state index contributed by atoms with van der Waals surface area (Å²) in [5.41, 5.74) is 1.35. The van der Waals surface area contributed by atoms with Crippen LogP contribution in [-0.2, 0) is 5.88 Å². The van der Waals surface area contributed by atoms with Crippen LogP contribution in [0.4, 0.5) is 0 Å². The van der Waals surface area contributed by atoms with Crippen molar-refractivity contribution in [2.24, 2.45) is 0 Å². The molecule has 0 aliphatic carbocycles. The predicted molar refractivity (Wildman–Crippen MR) is 48.6 cm³/mol. The maximum absolute atomic E-state index is 5.86. The van der Waals surface area contributed by atoms with E-state index in [4.69, 9.17) is 27.6 Å². The molecule has 12 heavy (non-hydrogen) atoms. The number of hydrogen-bond acceptors (Lipinski definition) is 2. The fraction of sp³-hybridized carbons (Fsp3) is 0.125. The molecule has 0 saturated heterocycles. The molecule has 1 aromatic heterocycles. The van der Waals surface area contributed by atoms with Gasteiger partial charge in [-0.2, -0.15) is 0 Å². The van der Waals surface area contributed by atoms with E-state index in [1.807, 2.05) is 12.1 Å². The smallest absolute Gasteiger partial charge is 0.210 e. The Morgan fingerprint density at radius 2 is 2.25 bits per heavy atom. The number of hydrogen-bond donors (Lipinski definition) is 0. The molecule has 2 aromatic rings. The van der Waals surface area contributed by atoms with Gasteiger partial charge in [0.2, 0.25) is 5.89 Å². The topological polar surface area (TPSA) is 26.0 Å². The molecular weight excluding hydrogens is 197 g/mol. The zero-order chi connectivity index (χ0) is 8.55. The van der Waals surface area contributed by atoms with E-state index in [0.29, 0.717) is 22.0 Å². The third-order valence-corrected chi connectivity index (χ3v) is 2.06. The molecule has 0 spiro atoms. The van der Waals surface area contributed by atoms with Gasteiger partial charge in [-0.3, -0.25) is 0 Å². The second-order valence-electron chi connectivity index (χ2n) is 2.33. The van der Waals surface area contributed by atoms with Crippen LogP contribution in [0.15, 0.2) is 22.6 Å². The number of nitrogens with zero attached hydrogens (tertiary/aromatic N) is 1. The van der Waals surface area contributed by atoms with Crippen molar-refractivity contribution in [2.75, 3.05) is 0 Å². The molecule has 0 aliphatic heterocycles. The number of alkyl halides is 1. The number of aromatic nitrogens is 1. The van der Waals surface area contributed by atoms with E-state index in [2.05, 4.69) is 4.98 Å². The number of fused-ring (bicyclic) bond motifs is 1. The molecule has 0 N–H and O–H groups in total. The number of rotatable bonds is 1. The Kier molecular flexibility index (Phi) is 1.95. The van der Waals surface area contributed by atoms with E-state index < -0.39 is 0 Å². The van der Waals surface area contributed by atoms with E-state index in [0.717, 1.165) is 0 Å². The summed E-state index contributed by atoms with van der Waals surface area (Å²) in [7, 11) is 0. The fourth-order valence-electron chi connectivity index (χ4n) is 1.02. The molecule has 1 aromatic carbocycles. The Morgan fingerprint density at radius 1 is 1.42 bits per heavy atom. The minimum absolute atomic E-state index is 0.269. The summed E-state index contributed by atoms with van der Waals surface area (Å²) in [4.78, 5) is 4.10. The molecule has 0 radical (unpaired) electrons. The van der Waals surface area contributed by atoms with Crippen LogP contribution in [0.25, 0.3) is 11.1 Å². The van der Waals surface area contributed by atoms with Gasteiger partial charge >= 0.3 is 0 Å². The Morgan fingerprint density at radius 3 is 2.92 bits per heavy atom. The van der Waals surface area contributed by atoms with Crippen LogP contribution in [0.2, 0.25) is 5.02 Å². The Bertz CT molecular complexity index is 410. The second-order valence-corrected chi connectivity index (χ2v) is 3.00. The highest BCUT2D eigenvalue weighted by atomic mass is 35.5. The lowest BCUT2D eigenvalue weighted by Crippen LogP contribution is -1.73. The standard InChI is InChI=1S/C8H5Cl2NO/c9-4-7-11-8-5(10)2-1-3-6(8)12-7/h1-3H,4H2. The van der Waals surface area contributed by atoms with Gasteiger partial charge in [0.05, 0.1) is 10.9 Å². The molecule has 0 fully saturated rings. The molecule has 0 bridgehead atoms. The van der Waals surface area contributed by atoms with Crippen molar-refractivity contribution in [3.05, 3.63) is 29.1 Å². The molecule has 0 unspecified atom stereocenters. The molecule has 0 amide bonds. The van der Waals surface area contributed by atoms with Gasteiger partial charge in [-0.05, 0) is 12.1 Å². The van der Waals surface area contributed by atoms with E-state index in [9.17, 15) is 0 Å². The van der Waals surface area contributed by atoms with Crippen LogP contribution >= 0.6 is 23.2 Å². The van der Waals surface area contributed by atoms with Gasteiger partial charge in [0.1, 0.15) is 5.52 Å². The van der Waals surface area contributed by atoms with Crippen LogP contribution in [0.3, 0.4) is 0 Å². The largest absolute Gasteiger partial charge is 0.439 e. The fourth-order valence-corrected chi connectivity index (χ4v) is 1.34. The van der Waals surface area contributed by atoms with Crippen molar-refractivity contribution in [2.45, 2.75) is 5.88 Å². The van der Waals surface area contributed by atoms with Crippen molar-refractivity contribution in [1.29, 1.82) is 0 Å². The van der Waals surface area contributed by atoms with Crippen LogP contribution < -0.4 is 0 Å². The first-order valence-corrected chi connectivity index (χ1v) is 4.32. The van der Waals surface area contributed by atoms with Crippen LogP contribution in [0.5, 0.6) is 0 Å². The monoisotopic (exact) mass is 201 g/mol. The Balaban J connectivity index is 2.74. The normalized spacial score (nSPS) is 10.8. The lowest BCUT2D eigenvalue weighted by atomic mass is 10.3. The first-order valence-electron chi connectivity index (χ1n) is 3.41. The van der Waals surface area contributed by atoms with Gasteiger partial charge in [-0.1, -0.05) is 17.7 Å². The molecule has 1 heterocycles. The summed E-state index contributed by atoms with van der Waals surface area (Å²) in [6.07, 6.45) is 0. The van der Waals surface area contributed by atoms with Crippen molar-refractivity contribution >= 4 is 34.3 Å².